The maximum absolute atomic E-state index is 6.19. The van der Waals surface area contributed by atoms with Gasteiger partial charge in [-0.1, -0.05) is 72.6 Å². The van der Waals surface area contributed by atoms with Crippen LogP contribution in [0.5, 0.6) is 0 Å². The molecule has 2 rings (SSSR count). The molecule has 0 radical (unpaired) electrons. The summed E-state index contributed by atoms with van der Waals surface area (Å²) >= 11 is 11.7. The first kappa shape index (κ1) is 15.1. The number of thiophene rings is 1. The first-order valence-electron chi connectivity index (χ1n) is 6.30. The molecule has 0 spiro atoms. The number of halogens is 2. The third-order valence-corrected chi connectivity index (χ3v) is 6.08. The Bertz CT molecular complexity index is 561. The van der Waals surface area contributed by atoms with Crippen LogP contribution in [0.3, 0.4) is 0 Å². The predicted molar refractivity (Wildman–Crippen MR) is 90.0 cm³/mol. The molecule has 0 nitrogen and oxygen atoms in total. The van der Waals surface area contributed by atoms with E-state index in [0.29, 0.717) is 0 Å². The summed E-state index contributed by atoms with van der Waals surface area (Å²) < 4.78 is 0.882. The van der Waals surface area contributed by atoms with E-state index in [-0.39, 0.29) is 10.2 Å². The standard InChI is InChI=1S/C16H18BrClS/c1-10-9-13(19-15(10)18)14(17)11-7-5-6-8-12(11)16(2,3)4/h5-9,14H,1-4H3. The zero-order valence-electron chi connectivity index (χ0n) is 11.6. The Hall–Kier alpha value is -0.310. The monoisotopic (exact) mass is 356 g/mol. The minimum Gasteiger partial charge on any atom is -0.127 e. The maximum Gasteiger partial charge on any atom is 0.0960 e. The van der Waals surface area contributed by atoms with Gasteiger partial charge >= 0.3 is 0 Å². The fourth-order valence-electron chi connectivity index (χ4n) is 2.16. The summed E-state index contributed by atoms with van der Waals surface area (Å²) in [6.45, 7) is 8.80. The zero-order chi connectivity index (χ0) is 14.2. The van der Waals surface area contributed by atoms with Gasteiger partial charge in [-0.25, -0.2) is 0 Å². The normalized spacial score (nSPS) is 13.6. The Morgan fingerprint density at radius 3 is 2.37 bits per heavy atom. The van der Waals surface area contributed by atoms with Crippen molar-refractivity contribution in [2.75, 3.05) is 0 Å². The van der Waals surface area contributed by atoms with Crippen LogP contribution in [-0.2, 0) is 5.41 Å². The third kappa shape index (κ3) is 3.24. The lowest BCUT2D eigenvalue weighted by Gasteiger charge is -2.24. The Kier molecular flexibility index (Phi) is 4.44. The van der Waals surface area contributed by atoms with Gasteiger partial charge in [0.15, 0.2) is 0 Å². The molecule has 0 amide bonds. The second kappa shape index (κ2) is 5.59. The predicted octanol–water partition coefficient (Wildman–Crippen LogP) is 6.49. The molecule has 0 aliphatic carbocycles. The van der Waals surface area contributed by atoms with Crippen LogP contribution in [0.25, 0.3) is 0 Å². The van der Waals surface area contributed by atoms with Gasteiger partial charge in [0, 0.05) is 4.88 Å². The molecule has 0 aliphatic heterocycles. The minimum absolute atomic E-state index is 0.138. The van der Waals surface area contributed by atoms with Crippen molar-refractivity contribution < 1.29 is 0 Å². The number of rotatable bonds is 2. The molecule has 1 heterocycles. The average Bonchev–Trinajstić information content (AvgIpc) is 2.68. The van der Waals surface area contributed by atoms with Crippen LogP contribution in [0, 0.1) is 6.92 Å². The van der Waals surface area contributed by atoms with Gasteiger partial charge in [-0.2, -0.15) is 0 Å². The Morgan fingerprint density at radius 1 is 1.21 bits per heavy atom. The van der Waals surface area contributed by atoms with Crippen LogP contribution < -0.4 is 0 Å². The van der Waals surface area contributed by atoms with E-state index in [0.717, 1.165) is 9.90 Å². The molecule has 0 saturated heterocycles. The van der Waals surface area contributed by atoms with Gasteiger partial charge in [-0.15, -0.1) is 11.3 Å². The van der Waals surface area contributed by atoms with E-state index in [2.05, 4.69) is 74.0 Å². The minimum atomic E-state index is 0.138. The van der Waals surface area contributed by atoms with Gasteiger partial charge in [0.25, 0.3) is 0 Å². The number of aryl methyl sites for hydroxylation is 1. The summed E-state index contributed by atoms with van der Waals surface area (Å²) in [6.07, 6.45) is 0. The van der Waals surface area contributed by atoms with Crippen molar-refractivity contribution in [1.82, 2.24) is 0 Å². The lowest BCUT2D eigenvalue weighted by Crippen LogP contribution is -2.14. The molecule has 102 valence electrons. The van der Waals surface area contributed by atoms with Crippen LogP contribution in [0.15, 0.2) is 30.3 Å². The van der Waals surface area contributed by atoms with Crippen LogP contribution in [0.4, 0.5) is 0 Å². The summed E-state index contributed by atoms with van der Waals surface area (Å²) in [4.78, 5) is 1.47. The Labute approximate surface area is 132 Å². The summed E-state index contributed by atoms with van der Waals surface area (Å²) in [5.41, 5.74) is 3.99. The van der Waals surface area contributed by atoms with E-state index in [4.69, 9.17) is 11.6 Å². The van der Waals surface area contributed by atoms with Crippen molar-refractivity contribution in [3.05, 3.63) is 56.2 Å². The van der Waals surface area contributed by atoms with Gasteiger partial charge in [-0.3, -0.25) is 0 Å². The second-order valence-corrected chi connectivity index (χ2v) is 8.41. The van der Waals surface area contributed by atoms with Crippen molar-refractivity contribution in [1.29, 1.82) is 0 Å². The lowest BCUT2D eigenvalue weighted by molar-refractivity contribution is 0.584. The largest absolute Gasteiger partial charge is 0.127 e. The second-order valence-electron chi connectivity index (χ2n) is 5.81. The molecule has 2 aromatic rings. The maximum atomic E-state index is 6.19. The molecule has 19 heavy (non-hydrogen) atoms. The fourth-order valence-corrected chi connectivity index (χ4v) is 4.19. The van der Waals surface area contributed by atoms with E-state index in [1.165, 1.54) is 16.0 Å². The Balaban J connectivity index is 2.47. The van der Waals surface area contributed by atoms with Crippen LogP contribution in [-0.4, -0.2) is 0 Å². The summed E-state index contributed by atoms with van der Waals surface area (Å²) in [5, 5.41) is 0. The molecule has 0 saturated carbocycles. The first-order chi connectivity index (χ1) is 8.80. The number of alkyl halides is 1. The fraction of sp³-hybridized carbons (Fsp3) is 0.375. The van der Waals surface area contributed by atoms with Crippen LogP contribution in [0.1, 0.15) is 47.2 Å². The molecular formula is C16H18BrClS. The van der Waals surface area contributed by atoms with Crippen LogP contribution >= 0.6 is 38.9 Å². The van der Waals surface area contributed by atoms with Crippen molar-refractivity contribution in [2.45, 2.75) is 37.9 Å². The molecule has 0 fully saturated rings. The highest BCUT2D eigenvalue weighted by molar-refractivity contribution is 9.09. The van der Waals surface area contributed by atoms with Crippen LogP contribution in [0.2, 0.25) is 4.34 Å². The number of hydrogen-bond donors (Lipinski definition) is 0. The van der Waals surface area contributed by atoms with Crippen molar-refractivity contribution in [3.63, 3.8) is 0 Å². The van der Waals surface area contributed by atoms with Crippen molar-refractivity contribution in [3.8, 4) is 0 Å². The van der Waals surface area contributed by atoms with E-state index in [1.807, 2.05) is 0 Å². The molecular weight excluding hydrogens is 340 g/mol. The number of benzene rings is 1. The smallest absolute Gasteiger partial charge is 0.0960 e. The van der Waals surface area contributed by atoms with Crippen molar-refractivity contribution in [2.24, 2.45) is 0 Å². The van der Waals surface area contributed by atoms with E-state index >= 15 is 0 Å². The van der Waals surface area contributed by atoms with E-state index in [9.17, 15) is 0 Å². The molecule has 1 unspecified atom stereocenters. The summed E-state index contributed by atoms with van der Waals surface area (Å²) in [7, 11) is 0. The van der Waals surface area contributed by atoms with E-state index < -0.39 is 0 Å². The first-order valence-corrected chi connectivity index (χ1v) is 8.41. The van der Waals surface area contributed by atoms with Crippen molar-refractivity contribution >= 4 is 38.9 Å². The highest BCUT2D eigenvalue weighted by Gasteiger charge is 2.23. The third-order valence-electron chi connectivity index (χ3n) is 3.17. The number of hydrogen-bond acceptors (Lipinski definition) is 1. The highest BCUT2D eigenvalue weighted by atomic mass is 79.9. The summed E-state index contributed by atoms with van der Waals surface area (Å²) in [5.74, 6) is 0. The lowest BCUT2D eigenvalue weighted by atomic mass is 9.83. The van der Waals surface area contributed by atoms with Gasteiger partial charge in [0.05, 0.1) is 9.16 Å². The zero-order valence-corrected chi connectivity index (χ0v) is 14.8. The molecule has 3 heteroatoms. The topological polar surface area (TPSA) is 0 Å². The van der Waals surface area contributed by atoms with Gasteiger partial charge in [0.1, 0.15) is 0 Å². The summed E-state index contributed by atoms with van der Waals surface area (Å²) in [6, 6.07) is 10.8. The molecule has 0 aliphatic rings. The van der Waals surface area contributed by atoms with Gasteiger partial charge < -0.3 is 0 Å². The quantitative estimate of drug-likeness (QED) is 0.539. The molecule has 1 aromatic carbocycles. The molecule has 0 bridgehead atoms. The van der Waals surface area contributed by atoms with Gasteiger partial charge in [0.2, 0.25) is 0 Å². The average molecular weight is 358 g/mol. The van der Waals surface area contributed by atoms with Gasteiger partial charge in [-0.05, 0) is 35.1 Å². The van der Waals surface area contributed by atoms with E-state index in [1.54, 1.807) is 11.3 Å². The molecule has 0 N–H and O–H groups in total. The SMILES string of the molecule is Cc1cc(C(Br)c2ccccc2C(C)(C)C)sc1Cl. The molecule has 1 atom stereocenters. The molecule has 1 aromatic heterocycles. The Morgan fingerprint density at radius 2 is 1.84 bits per heavy atom. The highest BCUT2D eigenvalue weighted by Crippen LogP contribution is 2.42.